The first-order chi connectivity index (χ1) is 10.2. The molecule has 5 nitrogen and oxygen atoms in total. The molecule has 0 spiro atoms. The zero-order valence-corrected chi connectivity index (χ0v) is 13.4. The van der Waals surface area contributed by atoms with E-state index >= 15 is 0 Å². The Bertz CT molecular complexity index is 321. The van der Waals surface area contributed by atoms with E-state index < -0.39 is 0 Å². The molecule has 0 saturated carbocycles. The largest absolute Gasteiger partial charge is 0.354 e. The Hall–Kier alpha value is -1.10. The number of amides is 2. The zero-order chi connectivity index (χ0) is 15.5. The van der Waals surface area contributed by atoms with Crippen molar-refractivity contribution in [3.8, 4) is 0 Å². The predicted molar refractivity (Wildman–Crippen MR) is 84.8 cm³/mol. The van der Waals surface area contributed by atoms with E-state index in [1.165, 1.54) is 0 Å². The Morgan fingerprint density at radius 1 is 1.19 bits per heavy atom. The van der Waals surface area contributed by atoms with Gasteiger partial charge in [-0.25, -0.2) is 0 Å². The standard InChI is InChI=1S/C16H31N3O2/c1-2-3-5-10-15(20)19-13-8-9-14(19)16(21)18-12-7-4-6-11-17/h14H,2-13,17H2,1H3,(H,18,21). The number of hydrogen-bond acceptors (Lipinski definition) is 3. The highest BCUT2D eigenvalue weighted by atomic mass is 16.2. The molecule has 1 rings (SSSR count). The molecule has 1 aliphatic rings. The maximum atomic E-state index is 12.2. The number of nitrogens with one attached hydrogen (secondary N) is 1. The molecular weight excluding hydrogens is 266 g/mol. The van der Waals surface area contributed by atoms with E-state index in [2.05, 4.69) is 12.2 Å². The molecule has 2 amide bonds. The molecule has 21 heavy (non-hydrogen) atoms. The van der Waals surface area contributed by atoms with E-state index in [1.807, 2.05) is 0 Å². The number of likely N-dealkylation sites (tertiary alicyclic amines) is 1. The average Bonchev–Trinajstić information content (AvgIpc) is 2.96. The zero-order valence-electron chi connectivity index (χ0n) is 13.4. The summed E-state index contributed by atoms with van der Waals surface area (Å²) in [5.74, 6) is 0.160. The van der Waals surface area contributed by atoms with Crippen molar-refractivity contribution < 1.29 is 9.59 Å². The van der Waals surface area contributed by atoms with Crippen molar-refractivity contribution in [1.29, 1.82) is 0 Å². The van der Waals surface area contributed by atoms with Crippen molar-refractivity contribution in [3.05, 3.63) is 0 Å². The van der Waals surface area contributed by atoms with Gasteiger partial charge in [0.1, 0.15) is 6.04 Å². The van der Waals surface area contributed by atoms with Crippen LogP contribution < -0.4 is 11.1 Å². The van der Waals surface area contributed by atoms with Crippen LogP contribution >= 0.6 is 0 Å². The summed E-state index contributed by atoms with van der Waals surface area (Å²) in [4.78, 5) is 26.2. The van der Waals surface area contributed by atoms with E-state index in [0.29, 0.717) is 19.5 Å². The van der Waals surface area contributed by atoms with Crippen LogP contribution in [-0.2, 0) is 9.59 Å². The van der Waals surface area contributed by atoms with Gasteiger partial charge in [0.15, 0.2) is 0 Å². The van der Waals surface area contributed by atoms with Crippen molar-refractivity contribution in [2.45, 2.75) is 70.8 Å². The molecule has 1 heterocycles. The van der Waals surface area contributed by atoms with Gasteiger partial charge in [-0.1, -0.05) is 26.2 Å². The first-order valence-electron chi connectivity index (χ1n) is 8.48. The van der Waals surface area contributed by atoms with Crippen molar-refractivity contribution in [3.63, 3.8) is 0 Å². The van der Waals surface area contributed by atoms with Gasteiger partial charge in [0, 0.05) is 19.5 Å². The third-order valence-corrected chi connectivity index (χ3v) is 4.05. The van der Waals surface area contributed by atoms with Crippen LogP contribution in [0.15, 0.2) is 0 Å². The topological polar surface area (TPSA) is 75.4 Å². The highest BCUT2D eigenvalue weighted by Crippen LogP contribution is 2.19. The van der Waals surface area contributed by atoms with Gasteiger partial charge < -0.3 is 16.0 Å². The molecule has 5 heteroatoms. The molecule has 0 aromatic rings. The molecule has 0 bridgehead atoms. The minimum atomic E-state index is -0.242. The lowest BCUT2D eigenvalue weighted by Crippen LogP contribution is -2.46. The number of rotatable bonds is 10. The lowest BCUT2D eigenvalue weighted by molar-refractivity contribution is -0.138. The third kappa shape index (κ3) is 6.46. The monoisotopic (exact) mass is 297 g/mol. The molecule has 1 atom stereocenters. The molecule has 0 radical (unpaired) electrons. The first-order valence-corrected chi connectivity index (χ1v) is 8.48. The van der Waals surface area contributed by atoms with Crippen LogP contribution in [0, 0.1) is 0 Å². The molecule has 0 aromatic heterocycles. The summed E-state index contributed by atoms with van der Waals surface area (Å²) < 4.78 is 0. The summed E-state index contributed by atoms with van der Waals surface area (Å²) in [6.45, 7) is 4.25. The lowest BCUT2D eigenvalue weighted by Gasteiger charge is -2.24. The van der Waals surface area contributed by atoms with Crippen molar-refractivity contribution >= 4 is 11.8 Å². The number of unbranched alkanes of at least 4 members (excludes halogenated alkanes) is 4. The van der Waals surface area contributed by atoms with Crippen LogP contribution in [0.5, 0.6) is 0 Å². The normalized spacial score (nSPS) is 18.0. The molecule has 1 fully saturated rings. The Kier molecular flexibility index (Phi) is 9.06. The summed E-state index contributed by atoms with van der Waals surface area (Å²) in [6.07, 6.45) is 8.44. The van der Waals surface area contributed by atoms with Crippen molar-refractivity contribution in [2.75, 3.05) is 19.6 Å². The third-order valence-electron chi connectivity index (χ3n) is 4.05. The summed E-state index contributed by atoms with van der Waals surface area (Å²) in [5.41, 5.74) is 5.44. The highest BCUT2D eigenvalue weighted by molar-refractivity contribution is 5.88. The van der Waals surface area contributed by atoms with Crippen LogP contribution in [0.25, 0.3) is 0 Å². The van der Waals surface area contributed by atoms with Crippen molar-refractivity contribution in [2.24, 2.45) is 5.73 Å². The first kappa shape index (κ1) is 18.0. The van der Waals surface area contributed by atoms with Crippen molar-refractivity contribution in [1.82, 2.24) is 10.2 Å². The summed E-state index contributed by atoms with van der Waals surface area (Å²) in [6, 6.07) is -0.242. The molecule has 1 saturated heterocycles. The van der Waals surface area contributed by atoms with Gasteiger partial charge in [-0.2, -0.15) is 0 Å². The molecule has 1 unspecified atom stereocenters. The minimum absolute atomic E-state index is 0.0177. The Morgan fingerprint density at radius 2 is 2.00 bits per heavy atom. The van der Waals surface area contributed by atoms with Crippen LogP contribution in [0.4, 0.5) is 0 Å². The average molecular weight is 297 g/mol. The van der Waals surface area contributed by atoms with Crippen LogP contribution in [0.3, 0.4) is 0 Å². The second-order valence-electron chi connectivity index (χ2n) is 5.84. The van der Waals surface area contributed by atoms with Crippen LogP contribution in [0.1, 0.15) is 64.7 Å². The smallest absolute Gasteiger partial charge is 0.242 e. The number of nitrogens with zero attached hydrogens (tertiary/aromatic N) is 1. The van der Waals surface area contributed by atoms with Gasteiger partial charge in [-0.05, 0) is 38.6 Å². The summed E-state index contributed by atoms with van der Waals surface area (Å²) in [5, 5.41) is 2.96. The molecule has 122 valence electrons. The molecule has 1 aliphatic heterocycles. The molecular formula is C16H31N3O2. The lowest BCUT2D eigenvalue weighted by atomic mass is 10.1. The predicted octanol–water partition coefficient (Wildman–Crippen LogP) is 1.80. The van der Waals surface area contributed by atoms with Gasteiger partial charge in [-0.3, -0.25) is 9.59 Å². The van der Waals surface area contributed by atoms with E-state index in [4.69, 9.17) is 5.73 Å². The van der Waals surface area contributed by atoms with Gasteiger partial charge >= 0.3 is 0 Å². The van der Waals surface area contributed by atoms with Crippen LogP contribution in [0.2, 0.25) is 0 Å². The fourth-order valence-electron chi connectivity index (χ4n) is 2.78. The quantitative estimate of drug-likeness (QED) is 0.604. The van der Waals surface area contributed by atoms with E-state index in [1.54, 1.807) is 4.90 Å². The van der Waals surface area contributed by atoms with Gasteiger partial charge in [-0.15, -0.1) is 0 Å². The highest BCUT2D eigenvalue weighted by Gasteiger charge is 2.33. The number of nitrogens with two attached hydrogens (primary N) is 1. The van der Waals surface area contributed by atoms with Gasteiger partial charge in [0.25, 0.3) is 0 Å². The maximum absolute atomic E-state index is 12.2. The molecule has 0 aliphatic carbocycles. The Labute approximate surface area is 128 Å². The Morgan fingerprint density at radius 3 is 2.71 bits per heavy atom. The second-order valence-corrected chi connectivity index (χ2v) is 5.84. The van der Waals surface area contributed by atoms with Gasteiger partial charge in [0.2, 0.25) is 11.8 Å². The molecule has 3 N–H and O–H groups in total. The van der Waals surface area contributed by atoms with Gasteiger partial charge in [0.05, 0.1) is 0 Å². The number of hydrogen-bond donors (Lipinski definition) is 2. The fourth-order valence-corrected chi connectivity index (χ4v) is 2.78. The Balaban J connectivity index is 2.30. The van der Waals surface area contributed by atoms with E-state index in [-0.39, 0.29) is 17.9 Å². The number of carbonyl (C=O) groups is 2. The summed E-state index contributed by atoms with van der Waals surface area (Å²) in [7, 11) is 0. The van der Waals surface area contributed by atoms with E-state index in [9.17, 15) is 9.59 Å². The van der Waals surface area contributed by atoms with Crippen LogP contribution in [-0.4, -0.2) is 42.4 Å². The second kappa shape index (κ2) is 10.6. The SMILES string of the molecule is CCCCCC(=O)N1CCCC1C(=O)NCCCCCN. The summed E-state index contributed by atoms with van der Waals surface area (Å²) >= 11 is 0. The fraction of sp³-hybridized carbons (Fsp3) is 0.875. The van der Waals surface area contributed by atoms with E-state index in [0.717, 1.165) is 57.9 Å². The number of carbonyl (C=O) groups excluding carboxylic acids is 2. The molecule has 0 aromatic carbocycles. The maximum Gasteiger partial charge on any atom is 0.242 e. The minimum Gasteiger partial charge on any atom is -0.354 e.